The first-order valence-corrected chi connectivity index (χ1v) is 20.6. The normalized spacial score (nSPS) is 12.3. The topological polar surface area (TPSA) is 3.24 Å². The van der Waals surface area contributed by atoms with Crippen molar-refractivity contribution >= 4 is 33.4 Å². The third-order valence-electron chi connectivity index (χ3n) is 11.5. The lowest BCUT2D eigenvalue weighted by Gasteiger charge is -2.27. The van der Waals surface area contributed by atoms with Gasteiger partial charge < -0.3 is 4.90 Å². The van der Waals surface area contributed by atoms with Crippen molar-refractivity contribution in [1.29, 1.82) is 0 Å². The summed E-state index contributed by atoms with van der Waals surface area (Å²) in [6.07, 6.45) is 9.06. The molecule has 0 radical (unpaired) electrons. The lowest BCUT2D eigenvalue weighted by molar-refractivity contribution is 1.04. The molecule has 0 amide bonds. The lowest BCUT2D eigenvalue weighted by atomic mass is 9.92. The minimum atomic E-state index is 1.09. The highest BCUT2D eigenvalue weighted by Gasteiger charge is 2.17. The molecule has 0 aliphatic heterocycles. The van der Waals surface area contributed by atoms with Gasteiger partial charge in [-0.25, -0.2) is 0 Å². The minimum absolute atomic E-state index is 1.09. The molecule has 0 atom stereocenters. The number of hydrogen-bond acceptors (Lipinski definition) is 1. The van der Waals surface area contributed by atoms with E-state index in [-0.39, 0.29) is 0 Å². The van der Waals surface area contributed by atoms with Crippen LogP contribution in [0.3, 0.4) is 0 Å². The van der Waals surface area contributed by atoms with Gasteiger partial charge in [0.05, 0.1) is 0 Å². The van der Waals surface area contributed by atoms with Crippen LogP contribution in [0, 0.1) is 0 Å². The van der Waals surface area contributed by atoms with E-state index in [9.17, 15) is 0 Å². The van der Waals surface area contributed by atoms with Crippen molar-refractivity contribution in [2.45, 2.75) is 12.8 Å². The summed E-state index contributed by atoms with van der Waals surface area (Å²) in [5.41, 5.74) is 17.9. The molecule has 1 aliphatic carbocycles. The van der Waals surface area contributed by atoms with Crippen molar-refractivity contribution in [3.63, 3.8) is 0 Å². The van der Waals surface area contributed by atoms with Gasteiger partial charge in [-0.15, -0.1) is 0 Å². The smallest absolute Gasteiger partial charge is 0.0468 e. The fraction of sp³-hybridized carbons (Fsp3) is 0.0345. The van der Waals surface area contributed by atoms with Gasteiger partial charge in [0.2, 0.25) is 0 Å². The molecule has 0 heterocycles. The van der Waals surface area contributed by atoms with Crippen LogP contribution in [0.2, 0.25) is 0 Å². The standard InChI is InChI=1S/C58H43N/c1-4-12-42(13-5-1)45-20-22-46(23-21-45)47-24-27-51(28-25-47)57-39-38-56(41-58(57)50-17-8-3-9-18-50)59(54-34-30-48(31-35-54)43-14-6-2-7-15-43)55-36-32-49(33-37-55)53-29-26-44-16-10-11-19-52(44)40-53/h1,3-6,8-41H,2,7H2. The second-order valence-electron chi connectivity index (χ2n) is 15.2. The van der Waals surface area contributed by atoms with E-state index >= 15 is 0 Å². The fourth-order valence-corrected chi connectivity index (χ4v) is 8.36. The quantitative estimate of drug-likeness (QED) is 0.142. The summed E-state index contributed by atoms with van der Waals surface area (Å²) in [5.74, 6) is 0. The van der Waals surface area contributed by atoms with Crippen LogP contribution in [-0.2, 0) is 0 Å². The summed E-state index contributed by atoms with van der Waals surface area (Å²) in [6.45, 7) is 0. The molecule has 0 saturated heterocycles. The zero-order valence-corrected chi connectivity index (χ0v) is 32.9. The monoisotopic (exact) mass is 753 g/mol. The summed E-state index contributed by atoms with van der Waals surface area (Å²) in [4.78, 5) is 2.39. The van der Waals surface area contributed by atoms with E-state index in [1.807, 2.05) is 0 Å². The predicted octanol–water partition coefficient (Wildman–Crippen LogP) is 16.4. The van der Waals surface area contributed by atoms with Crippen molar-refractivity contribution in [1.82, 2.24) is 0 Å². The summed E-state index contributed by atoms with van der Waals surface area (Å²) in [6, 6.07) is 79.5. The Balaban J connectivity index is 1.03. The number of rotatable bonds is 9. The van der Waals surface area contributed by atoms with E-state index in [2.05, 4.69) is 242 Å². The van der Waals surface area contributed by atoms with Crippen LogP contribution in [0.5, 0.6) is 0 Å². The first kappa shape index (κ1) is 35.9. The summed E-state index contributed by atoms with van der Waals surface area (Å²) >= 11 is 0. The molecule has 0 spiro atoms. The number of hydrogen-bond donors (Lipinski definition) is 0. The molecule has 0 N–H and O–H groups in total. The highest BCUT2D eigenvalue weighted by molar-refractivity contribution is 5.91. The molecular formula is C58H43N. The molecule has 0 bridgehead atoms. The maximum absolute atomic E-state index is 2.39. The van der Waals surface area contributed by atoms with E-state index in [0.717, 1.165) is 29.9 Å². The molecule has 0 saturated carbocycles. The Kier molecular flexibility index (Phi) is 9.84. The highest BCUT2D eigenvalue weighted by atomic mass is 15.1. The predicted molar refractivity (Wildman–Crippen MR) is 252 cm³/mol. The van der Waals surface area contributed by atoms with Crippen LogP contribution in [-0.4, -0.2) is 0 Å². The first-order chi connectivity index (χ1) is 29.2. The Bertz CT molecular complexity index is 2920. The molecule has 1 aliphatic rings. The lowest BCUT2D eigenvalue weighted by Crippen LogP contribution is -2.10. The summed E-state index contributed by atoms with van der Waals surface area (Å²) in [7, 11) is 0. The Labute approximate surface area is 347 Å². The number of nitrogens with zero attached hydrogens (tertiary/aromatic N) is 1. The minimum Gasteiger partial charge on any atom is -0.310 e. The zero-order chi connectivity index (χ0) is 39.4. The second-order valence-corrected chi connectivity index (χ2v) is 15.2. The van der Waals surface area contributed by atoms with Crippen LogP contribution in [0.25, 0.3) is 72.0 Å². The van der Waals surface area contributed by atoms with Crippen LogP contribution < -0.4 is 4.90 Å². The third kappa shape index (κ3) is 7.55. The van der Waals surface area contributed by atoms with Crippen LogP contribution in [0.1, 0.15) is 18.4 Å². The van der Waals surface area contributed by atoms with Gasteiger partial charge >= 0.3 is 0 Å². The molecule has 0 aromatic heterocycles. The molecule has 10 rings (SSSR count). The van der Waals surface area contributed by atoms with Gasteiger partial charge in [-0.2, -0.15) is 0 Å². The van der Waals surface area contributed by atoms with Gasteiger partial charge in [-0.05, 0) is 133 Å². The van der Waals surface area contributed by atoms with E-state index < -0.39 is 0 Å². The van der Waals surface area contributed by atoms with Gasteiger partial charge in [0.25, 0.3) is 0 Å². The number of benzene rings is 9. The van der Waals surface area contributed by atoms with Gasteiger partial charge in [-0.1, -0.05) is 194 Å². The fourth-order valence-electron chi connectivity index (χ4n) is 8.36. The van der Waals surface area contributed by atoms with E-state index in [1.54, 1.807) is 0 Å². The molecule has 1 nitrogen and oxygen atoms in total. The zero-order valence-electron chi connectivity index (χ0n) is 32.9. The Hall–Kier alpha value is -7.48. The molecular weight excluding hydrogens is 711 g/mol. The molecule has 280 valence electrons. The third-order valence-corrected chi connectivity index (χ3v) is 11.5. The van der Waals surface area contributed by atoms with Crippen LogP contribution in [0.15, 0.2) is 237 Å². The Morgan fingerprint density at radius 1 is 0.288 bits per heavy atom. The van der Waals surface area contributed by atoms with Crippen molar-refractivity contribution < 1.29 is 0 Å². The average Bonchev–Trinajstić information content (AvgIpc) is 3.33. The van der Waals surface area contributed by atoms with Crippen molar-refractivity contribution in [3.05, 3.63) is 242 Å². The van der Waals surface area contributed by atoms with E-state index in [4.69, 9.17) is 0 Å². The van der Waals surface area contributed by atoms with Gasteiger partial charge in [0.15, 0.2) is 0 Å². The molecule has 9 aromatic rings. The number of allylic oxidation sites excluding steroid dienone is 4. The van der Waals surface area contributed by atoms with Crippen molar-refractivity contribution in [3.8, 4) is 55.6 Å². The maximum atomic E-state index is 2.39. The molecule has 0 fully saturated rings. The first-order valence-electron chi connectivity index (χ1n) is 20.6. The molecule has 0 unspecified atom stereocenters. The van der Waals surface area contributed by atoms with Gasteiger partial charge in [0, 0.05) is 17.1 Å². The van der Waals surface area contributed by atoms with Crippen molar-refractivity contribution in [2.24, 2.45) is 0 Å². The van der Waals surface area contributed by atoms with Crippen molar-refractivity contribution in [2.75, 3.05) is 4.90 Å². The largest absolute Gasteiger partial charge is 0.310 e. The van der Waals surface area contributed by atoms with Crippen LogP contribution in [0.4, 0.5) is 17.1 Å². The maximum Gasteiger partial charge on any atom is 0.0468 e. The average molecular weight is 754 g/mol. The molecule has 1 heteroatoms. The summed E-state index contributed by atoms with van der Waals surface area (Å²) in [5, 5.41) is 2.50. The number of fused-ring (bicyclic) bond motifs is 1. The molecule has 59 heavy (non-hydrogen) atoms. The Morgan fingerprint density at radius 2 is 0.746 bits per heavy atom. The van der Waals surface area contributed by atoms with E-state index in [1.165, 1.54) is 77.5 Å². The molecule has 9 aromatic carbocycles. The summed E-state index contributed by atoms with van der Waals surface area (Å²) < 4.78 is 0. The highest BCUT2D eigenvalue weighted by Crippen LogP contribution is 2.42. The van der Waals surface area contributed by atoms with E-state index in [0.29, 0.717) is 0 Å². The SMILES string of the molecule is C1=CC(c2ccc(N(c3ccc(-c4ccc5ccccc5c4)cc3)c3ccc(-c4ccc(-c5ccc(-c6ccccc6)cc5)cc4)c(-c4ccccc4)c3)cc2)=CCC1. The van der Waals surface area contributed by atoms with Gasteiger partial charge in [-0.3, -0.25) is 0 Å². The van der Waals surface area contributed by atoms with Gasteiger partial charge in [0.1, 0.15) is 0 Å². The number of anilines is 3. The Morgan fingerprint density at radius 3 is 1.36 bits per heavy atom. The second kappa shape index (κ2) is 16.2. The van der Waals surface area contributed by atoms with Crippen LogP contribution >= 0.6 is 0 Å².